The van der Waals surface area contributed by atoms with Crippen LogP contribution in [0.15, 0.2) is 100 Å². The topological polar surface area (TPSA) is 112 Å². The van der Waals surface area contributed by atoms with Crippen molar-refractivity contribution in [2.24, 2.45) is 4.99 Å². The molecule has 0 fully saturated rings. The summed E-state index contributed by atoms with van der Waals surface area (Å²) in [6.07, 6.45) is 3.29. The van der Waals surface area contributed by atoms with Gasteiger partial charge < -0.3 is 18.9 Å². The van der Waals surface area contributed by atoms with Crippen LogP contribution >= 0.6 is 11.3 Å². The van der Waals surface area contributed by atoms with Crippen molar-refractivity contribution in [1.82, 2.24) is 4.57 Å². The van der Waals surface area contributed by atoms with E-state index in [1.165, 1.54) is 29.2 Å². The highest BCUT2D eigenvalue weighted by atomic mass is 32.1. The molecule has 0 saturated carbocycles. The van der Waals surface area contributed by atoms with Crippen LogP contribution in [0.2, 0.25) is 0 Å². The van der Waals surface area contributed by atoms with Crippen LogP contribution in [-0.4, -0.2) is 30.9 Å². The van der Waals surface area contributed by atoms with Gasteiger partial charge in [-0.05, 0) is 72.2 Å². The third kappa shape index (κ3) is 6.26. The molecule has 2 heterocycles. The summed E-state index contributed by atoms with van der Waals surface area (Å²) in [7, 11) is 1.30. The highest BCUT2D eigenvalue weighted by Gasteiger charge is 2.31. The number of nitriles is 1. The van der Waals surface area contributed by atoms with Crippen molar-refractivity contribution in [3.63, 3.8) is 0 Å². The normalized spacial score (nSPS) is 14.0. The number of hydrogen-bond acceptors (Lipinski definition) is 9. The largest absolute Gasteiger partial charge is 0.490 e. The monoisotopic (exact) mass is 645 g/mol. The molecule has 6 rings (SSSR count). The second-order valence-corrected chi connectivity index (χ2v) is 11.6. The molecule has 1 aromatic heterocycles. The molecule has 0 spiro atoms. The number of ether oxygens (including phenoxy) is 4. The molecule has 0 radical (unpaired) electrons. The number of rotatable bonds is 10. The molecule has 0 bridgehead atoms. The maximum Gasteiger partial charge on any atom is 0.337 e. The van der Waals surface area contributed by atoms with Crippen molar-refractivity contribution in [2.75, 3.05) is 20.3 Å². The van der Waals surface area contributed by atoms with Gasteiger partial charge in [-0.3, -0.25) is 9.36 Å². The van der Waals surface area contributed by atoms with Gasteiger partial charge in [-0.15, -0.1) is 0 Å². The quantitative estimate of drug-likeness (QED) is 0.187. The van der Waals surface area contributed by atoms with Gasteiger partial charge in [0.2, 0.25) is 0 Å². The van der Waals surface area contributed by atoms with E-state index in [0.717, 1.165) is 21.9 Å². The lowest BCUT2D eigenvalue weighted by molar-refractivity contribution is -0.136. The van der Waals surface area contributed by atoms with Gasteiger partial charge in [-0.25, -0.2) is 9.79 Å². The molecule has 47 heavy (non-hydrogen) atoms. The summed E-state index contributed by atoms with van der Waals surface area (Å²) in [5.74, 6) is 1.08. The first-order valence-electron chi connectivity index (χ1n) is 15.1. The summed E-state index contributed by atoms with van der Waals surface area (Å²) >= 11 is 1.23. The molecule has 0 unspecified atom stereocenters. The van der Waals surface area contributed by atoms with Crippen molar-refractivity contribution in [3.8, 4) is 23.3 Å². The third-order valence-corrected chi connectivity index (χ3v) is 8.69. The molecule has 0 N–H and O–H groups in total. The summed E-state index contributed by atoms with van der Waals surface area (Å²) in [6, 6.07) is 25.7. The highest BCUT2D eigenvalue weighted by Crippen LogP contribution is 2.35. The van der Waals surface area contributed by atoms with Gasteiger partial charge in [0.25, 0.3) is 5.56 Å². The molecule has 236 valence electrons. The van der Waals surface area contributed by atoms with Gasteiger partial charge >= 0.3 is 5.97 Å². The zero-order valence-corrected chi connectivity index (χ0v) is 26.9. The number of fused-ring (bicyclic) bond motifs is 2. The third-order valence-electron chi connectivity index (χ3n) is 7.69. The van der Waals surface area contributed by atoms with Crippen molar-refractivity contribution < 1.29 is 23.7 Å². The Labute approximate surface area is 274 Å². The molecule has 5 aromatic rings. The summed E-state index contributed by atoms with van der Waals surface area (Å²) in [6.45, 7) is 4.90. The Balaban J connectivity index is 1.49. The molecule has 0 amide bonds. The number of carbonyl (C=O) groups is 1. The number of benzene rings is 4. The first-order valence-corrected chi connectivity index (χ1v) is 15.9. The van der Waals surface area contributed by atoms with E-state index in [2.05, 4.69) is 11.1 Å². The standard InChI is InChI=1S/C37H31N3O6S/c1-4-44-31-17-15-26(18-32(31)45-5-2)34-29(36(42)43-3)21-39-37-40(34)35(41)33(47-37)19-28-27-9-7-6-8-25(27)14-16-30(28)46-22-24-12-10-23(20-38)11-13-24/h6-19,21,34H,4-5,22H2,1-3H3/b33-19+/t34-/m0/s1. The molecule has 10 heteroatoms. The molecule has 1 aliphatic heterocycles. The Morgan fingerprint density at radius 1 is 0.957 bits per heavy atom. The zero-order valence-electron chi connectivity index (χ0n) is 26.1. The Bertz CT molecular complexity index is 2230. The first-order chi connectivity index (χ1) is 22.9. The van der Waals surface area contributed by atoms with Gasteiger partial charge in [0.15, 0.2) is 16.3 Å². The van der Waals surface area contributed by atoms with E-state index < -0.39 is 12.0 Å². The fourth-order valence-electron chi connectivity index (χ4n) is 5.51. The van der Waals surface area contributed by atoms with E-state index in [1.54, 1.807) is 24.3 Å². The number of esters is 1. The fraction of sp³-hybridized carbons (Fsp3) is 0.189. The number of nitrogens with zero attached hydrogens (tertiary/aromatic N) is 3. The molecule has 9 nitrogen and oxygen atoms in total. The lowest BCUT2D eigenvalue weighted by atomic mass is 9.97. The minimum absolute atomic E-state index is 0.217. The van der Waals surface area contributed by atoms with Gasteiger partial charge in [-0.1, -0.05) is 59.9 Å². The van der Waals surface area contributed by atoms with Gasteiger partial charge in [-0.2, -0.15) is 5.26 Å². The van der Waals surface area contributed by atoms with Crippen LogP contribution in [-0.2, 0) is 16.1 Å². The number of hydrogen-bond donors (Lipinski definition) is 0. The van der Waals surface area contributed by atoms with Gasteiger partial charge in [0.1, 0.15) is 12.4 Å². The zero-order chi connectivity index (χ0) is 32.9. The predicted molar refractivity (Wildman–Crippen MR) is 179 cm³/mol. The first kappa shape index (κ1) is 31.3. The van der Waals surface area contributed by atoms with Crippen LogP contribution in [0.1, 0.15) is 42.1 Å². The van der Waals surface area contributed by atoms with Crippen LogP contribution < -0.4 is 29.1 Å². The van der Waals surface area contributed by atoms with E-state index in [0.29, 0.717) is 50.9 Å². The van der Waals surface area contributed by atoms with Crippen LogP contribution in [0.5, 0.6) is 17.2 Å². The smallest absolute Gasteiger partial charge is 0.337 e. The lowest BCUT2D eigenvalue weighted by Gasteiger charge is -2.23. The average Bonchev–Trinajstić information content (AvgIpc) is 3.42. The second-order valence-electron chi connectivity index (χ2n) is 10.5. The summed E-state index contributed by atoms with van der Waals surface area (Å²) in [4.78, 5) is 32.3. The molecule has 0 saturated heterocycles. The molecular formula is C37H31N3O6S. The number of methoxy groups -OCH3 is 1. The van der Waals surface area contributed by atoms with Crippen molar-refractivity contribution in [3.05, 3.63) is 133 Å². The van der Waals surface area contributed by atoms with E-state index >= 15 is 0 Å². The van der Waals surface area contributed by atoms with Crippen LogP contribution in [0.3, 0.4) is 0 Å². The Hall–Kier alpha value is -5.66. The Morgan fingerprint density at radius 3 is 2.45 bits per heavy atom. The minimum Gasteiger partial charge on any atom is -0.490 e. The Kier molecular flexibility index (Phi) is 9.18. The SMILES string of the molecule is CCOc1ccc([C@H]2C(C(=O)OC)=CN=c3s/c(=C/c4c(OCc5ccc(C#N)cc5)ccc5ccccc45)c(=O)n32)cc1OCC. The van der Waals surface area contributed by atoms with Crippen LogP contribution in [0, 0.1) is 11.3 Å². The van der Waals surface area contributed by atoms with E-state index in [9.17, 15) is 9.59 Å². The molecule has 1 atom stereocenters. The Morgan fingerprint density at radius 2 is 1.70 bits per heavy atom. The van der Waals surface area contributed by atoms with Crippen molar-refractivity contribution >= 4 is 34.2 Å². The van der Waals surface area contributed by atoms with Crippen molar-refractivity contribution in [2.45, 2.75) is 26.5 Å². The summed E-state index contributed by atoms with van der Waals surface area (Å²) < 4.78 is 25.0. The molecule has 1 aliphatic rings. The van der Waals surface area contributed by atoms with E-state index in [-0.39, 0.29) is 17.7 Å². The van der Waals surface area contributed by atoms with Gasteiger partial charge in [0.05, 0.1) is 48.1 Å². The number of thiazole rings is 1. The average molecular weight is 646 g/mol. The summed E-state index contributed by atoms with van der Waals surface area (Å²) in [5, 5.41) is 11.0. The molecule has 4 aromatic carbocycles. The lowest BCUT2D eigenvalue weighted by Crippen LogP contribution is -2.39. The molecule has 0 aliphatic carbocycles. The van der Waals surface area contributed by atoms with Gasteiger partial charge in [0, 0.05) is 11.8 Å². The van der Waals surface area contributed by atoms with Crippen LogP contribution in [0.4, 0.5) is 0 Å². The predicted octanol–water partition coefficient (Wildman–Crippen LogP) is 5.42. The van der Waals surface area contributed by atoms with Crippen molar-refractivity contribution in [1.29, 1.82) is 5.26 Å². The maximum atomic E-state index is 14.3. The minimum atomic E-state index is -0.810. The maximum absolute atomic E-state index is 14.3. The number of aromatic nitrogens is 1. The molecular weight excluding hydrogens is 614 g/mol. The second kappa shape index (κ2) is 13.8. The van der Waals surface area contributed by atoms with E-state index in [1.807, 2.05) is 74.5 Å². The van der Waals surface area contributed by atoms with E-state index in [4.69, 9.17) is 24.2 Å². The highest BCUT2D eigenvalue weighted by molar-refractivity contribution is 7.07. The number of carbonyl (C=O) groups excluding carboxylic acids is 1. The van der Waals surface area contributed by atoms with Crippen LogP contribution in [0.25, 0.3) is 16.8 Å². The summed E-state index contributed by atoms with van der Waals surface area (Å²) in [5.41, 5.74) is 2.77. The fourth-order valence-corrected chi connectivity index (χ4v) is 6.46.